The largest absolute Gasteiger partial charge is 0.390 e. The van der Waals surface area contributed by atoms with E-state index < -0.39 is 0 Å². The van der Waals surface area contributed by atoms with Crippen LogP contribution >= 0.6 is 0 Å². The van der Waals surface area contributed by atoms with Crippen molar-refractivity contribution in [3.63, 3.8) is 0 Å². The summed E-state index contributed by atoms with van der Waals surface area (Å²) in [5.41, 5.74) is -0.0666. The minimum absolute atomic E-state index is 0.285. The van der Waals surface area contributed by atoms with Gasteiger partial charge in [0.25, 0.3) is 0 Å². The van der Waals surface area contributed by atoms with Crippen molar-refractivity contribution in [3.8, 4) is 0 Å². The second-order valence-corrected chi connectivity index (χ2v) is 4.47. The molecule has 1 nitrogen and oxygen atoms in total. The zero-order valence-corrected chi connectivity index (χ0v) is 6.85. The summed E-state index contributed by atoms with van der Waals surface area (Å²) in [6, 6.07) is 0. The van der Waals surface area contributed by atoms with Crippen molar-refractivity contribution in [2.24, 2.45) is 11.3 Å². The summed E-state index contributed by atoms with van der Waals surface area (Å²) >= 11 is 0. The van der Waals surface area contributed by atoms with Gasteiger partial charge in [0.15, 0.2) is 0 Å². The van der Waals surface area contributed by atoms with Crippen LogP contribution in [0.1, 0.15) is 39.5 Å². The fourth-order valence-electron chi connectivity index (χ4n) is 2.69. The third-order valence-electron chi connectivity index (χ3n) is 4.12. The van der Waals surface area contributed by atoms with Gasteiger partial charge in [0.05, 0.1) is 5.60 Å². The van der Waals surface area contributed by atoms with Crippen molar-refractivity contribution >= 4 is 0 Å². The topological polar surface area (TPSA) is 20.2 Å². The van der Waals surface area contributed by atoms with Gasteiger partial charge in [-0.05, 0) is 43.9 Å². The van der Waals surface area contributed by atoms with Crippen LogP contribution in [0.5, 0.6) is 0 Å². The first-order valence-corrected chi connectivity index (χ1v) is 4.29. The highest BCUT2D eigenvalue weighted by molar-refractivity contribution is 5.09. The first-order valence-electron chi connectivity index (χ1n) is 4.29. The monoisotopic (exact) mass is 140 g/mol. The molecule has 0 radical (unpaired) electrons. The summed E-state index contributed by atoms with van der Waals surface area (Å²) in [4.78, 5) is 0. The molecule has 2 rings (SSSR count). The first-order chi connectivity index (χ1) is 4.56. The molecule has 0 aromatic carbocycles. The third kappa shape index (κ3) is 0.531. The molecule has 0 amide bonds. The summed E-state index contributed by atoms with van der Waals surface area (Å²) in [6.07, 6.45) is 4.87. The molecule has 2 fully saturated rings. The van der Waals surface area contributed by atoms with Gasteiger partial charge in [-0.3, -0.25) is 0 Å². The molecule has 0 saturated heterocycles. The molecule has 0 aliphatic heterocycles. The minimum atomic E-state index is -0.351. The van der Waals surface area contributed by atoms with Crippen LogP contribution in [-0.2, 0) is 0 Å². The molecule has 1 N–H and O–H groups in total. The lowest BCUT2D eigenvalue weighted by atomic mass is 9.58. The van der Waals surface area contributed by atoms with Crippen molar-refractivity contribution in [2.45, 2.75) is 45.1 Å². The van der Waals surface area contributed by atoms with Crippen LogP contribution < -0.4 is 0 Å². The molecule has 0 heterocycles. The Kier molecular flexibility index (Phi) is 1.05. The first kappa shape index (κ1) is 6.66. The highest BCUT2D eigenvalue weighted by atomic mass is 16.3. The van der Waals surface area contributed by atoms with Gasteiger partial charge in [-0.15, -0.1) is 0 Å². The maximum Gasteiger partial charge on any atom is 0.0675 e. The van der Waals surface area contributed by atoms with Crippen LogP contribution in [0.3, 0.4) is 0 Å². The van der Waals surface area contributed by atoms with Crippen molar-refractivity contribution in [1.29, 1.82) is 0 Å². The van der Waals surface area contributed by atoms with E-state index in [1.165, 1.54) is 19.3 Å². The summed E-state index contributed by atoms with van der Waals surface area (Å²) in [7, 11) is 0. The van der Waals surface area contributed by atoms with E-state index in [9.17, 15) is 5.11 Å². The predicted molar refractivity (Wildman–Crippen MR) is 40.7 cm³/mol. The fourth-order valence-corrected chi connectivity index (χ4v) is 2.69. The molecule has 0 aromatic heterocycles. The van der Waals surface area contributed by atoms with Gasteiger partial charge in [-0.1, -0.05) is 6.92 Å². The smallest absolute Gasteiger partial charge is 0.0675 e. The third-order valence-corrected chi connectivity index (χ3v) is 4.12. The second-order valence-electron chi connectivity index (χ2n) is 4.47. The van der Waals surface area contributed by atoms with Gasteiger partial charge in [-0.25, -0.2) is 0 Å². The lowest BCUT2D eigenvalue weighted by Crippen LogP contribution is -2.48. The van der Waals surface area contributed by atoms with E-state index in [1.54, 1.807) is 0 Å². The van der Waals surface area contributed by atoms with Gasteiger partial charge in [0, 0.05) is 0 Å². The summed E-state index contributed by atoms with van der Waals surface area (Å²) in [6.45, 7) is 4.25. The van der Waals surface area contributed by atoms with Gasteiger partial charge in [0.1, 0.15) is 0 Å². The van der Waals surface area contributed by atoms with Crippen LogP contribution in [0.2, 0.25) is 0 Å². The molecule has 2 saturated carbocycles. The molecule has 2 aliphatic carbocycles. The van der Waals surface area contributed by atoms with Gasteiger partial charge < -0.3 is 5.11 Å². The normalized spacial score (nSPS) is 59.7. The molecule has 0 spiro atoms. The molecule has 0 bridgehead atoms. The number of fused-ring (bicyclic) bond motifs is 1. The van der Waals surface area contributed by atoms with Crippen LogP contribution in [0, 0.1) is 11.3 Å². The molecule has 3 atom stereocenters. The van der Waals surface area contributed by atoms with Crippen molar-refractivity contribution in [1.82, 2.24) is 0 Å². The van der Waals surface area contributed by atoms with Crippen LogP contribution in [0.4, 0.5) is 0 Å². The Morgan fingerprint density at radius 2 is 1.80 bits per heavy atom. The zero-order chi connectivity index (χ0) is 7.41. The number of aliphatic hydroxyl groups is 1. The Morgan fingerprint density at radius 1 is 1.20 bits per heavy atom. The summed E-state index contributed by atoms with van der Waals surface area (Å²) in [5.74, 6) is 0.836. The van der Waals surface area contributed by atoms with Gasteiger partial charge in [0.2, 0.25) is 0 Å². The van der Waals surface area contributed by atoms with E-state index in [0.717, 1.165) is 12.3 Å². The van der Waals surface area contributed by atoms with Gasteiger partial charge in [-0.2, -0.15) is 0 Å². The Bertz CT molecular complexity index is 162. The molecule has 58 valence electrons. The Morgan fingerprint density at radius 3 is 2.00 bits per heavy atom. The van der Waals surface area contributed by atoms with Crippen molar-refractivity contribution < 1.29 is 5.11 Å². The highest BCUT2D eigenvalue weighted by Crippen LogP contribution is 2.61. The van der Waals surface area contributed by atoms with E-state index in [-0.39, 0.29) is 11.0 Å². The Balaban J connectivity index is 2.27. The number of rotatable bonds is 0. The minimum Gasteiger partial charge on any atom is -0.390 e. The molecule has 10 heavy (non-hydrogen) atoms. The van der Waals surface area contributed by atoms with E-state index in [4.69, 9.17) is 0 Å². The Hall–Kier alpha value is -0.0400. The zero-order valence-electron chi connectivity index (χ0n) is 6.85. The summed E-state index contributed by atoms with van der Waals surface area (Å²) in [5, 5.41) is 9.94. The SMILES string of the molecule is C[C@]12CC[C@H]1CC[C@@]2(C)O. The van der Waals surface area contributed by atoms with E-state index in [1.807, 2.05) is 6.92 Å². The lowest BCUT2D eigenvalue weighted by molar-refractivity contribution is -0.0990. The fraction of sp³-hybridized carbons (Fsp3) is 1.00. The lowest BCUT2D eigenvalue weighted by Gasteiger charge is -2.49. The summed E-state index contributed by atoms with van der Waals surface area (Å²) < 4.78 is 0. The molecular formula is C9H16O. The van der Waals surface area contributed by atoms with E-state index in [2.05, 4.69) is 6.92 Å². The van der Waals surface area contributed by atoms with Crippen LogP contribution in [0.25, 0.3) is 0 Å². The molecule has 0 aromatic rings. The molecular weight excluding hydrogens is 124 g/mol. The average Bonchev–Trinajstić information content (AvgIpc) is 1.93. The van der Waals surface area contributed by atoms with Crippen LogP contribution in [-0.4, -0.2) is 10.7 Å². The maximum atomic E-state index is 9.94. The van der Waals surface area contributed by atoms with E-state index in [0.29, 0.717) is 0 Å². The van der Waals surface area contributed by atoms with Crippen molar-refractivity contribution in [2.75, 3.05) is 0 Å². The predicted octanol–water partition coefficient (Wildman–Crippen LogP) is 1.95. The van der Waals surface area contributed by atoms with Crippen LogP contribution in [0.15, 0.2) is 0 Å². The number of hydrogen-bond donors (Lipinski definition) is 1. The van der Waals surface area contributed by atoms with Crippen molar-refractivity contribution in [3.05, 3.63) is 0 Å². The molecule has 0 unspecified atom stereocenters. The Labute approximate surface area is 62.4 Å². The molecule has 1 heteroatoms. The second kappa shape index (κ2) is 1.58. The maximum absolute atomic E-state index is 9.94. The highest BCUT2D eigenvalue weighted by Gasteiger charge is 2.58. The quantitative estimate of drug-likeness (QED) is 0.545. The van der Waals surface area contributed by atoms with Gasteiger partial charge >= 0.3 is 0 Å². The average molecular weight is 140 g/mol. The molecule has 2 aliphatic rings. The number of hydrogen-bond acceptors (Lipinski definition) is 1. The van der Waals surface area contributed by atoms with E-state index >= 15 is 0 Å². The standard InChI is InChI=1S/C9H16O/c1-8-5-3-7(8)4-6-9(8,2)10/h7,10H,3-6H2,1-2H3/t7-,8-,9+/m0/s1.